The summed E-state index contributed by atoms with van der Waals surface area (Å²) in [4.78, 5) is 12.3. The first-order valence-electron chi connectivity index (χ1n) is 6.49. The number of furan rings is 1. The third-order valence-electron chi connectivity index (χ3n) is 3.41. The molecule has 110 valence electrons. The molecule has 2 heterocycles. The summed E-state index contributed by atoms with van der Waals surface area (Å²) in [5.41, 5.74) is 0.752. The number of rotatable bonds is 3. The molecule has 0 spiro atoms. The number of non-ortho nitro benzene ring substituents is 1. The Morgan fingerprint density at radius 1 is 1.38 bits per heavy atom. The molecule has 7 heteroatoms. The number of benzene rings is 1. The maximum atomic E-state index is 10.7. The summed E-state index contributed by atoms with van der Waals surface area (Å²) in [5, 5.41) is 11.1. The van der Waals surface area contributed by atoms with Gasteiger partial charge < -0.3 is 14.1 Å². The predicted molar refractivity (Wildman–Crippen MR) is 77.7 cm³/mol. The van der Waals surface area contributed by atoms with Crippen molar-refractivity contribution >= 4 is 23.0 Å². The van der Waals surface area contributed by atoms with E-state index in [1.165, 1.54) is 12.1 Å². The number of nitro groups is 1. The molecule has 1 aromatic heterocycles. The number of anilines is 1. The third-order valence-corrected chi connectivity index (χ3v) is 3.71. The Kier molecular flexibility index (Phi) is 3.81. The molecule has 1 unspecified atom stereocenters. The lowest BCUT2D eigenvalue weighted by molar-refractivity contribution is -0.384. The van der Waals surface area contributed by atoms with Crippen LogP contribution in [-0.2, 0) is 4.74 Å². The molecule has 0 radical (unpaired) electrons. The van der Waals surface area contributed by atoms with Gasteiger partial charge in [-0.15, -0.1) is 0 Å². The van der Waals surface area contributed by atoms with E-state index in [0.717, 1.165) is 11.4 Å². The average Bonchev–Trinajstić information content (AvgIpc) is 3.01. The van der Waals surface area contributed by atoms with E-state index in [-0.39, 0.29) is 11.8 Å². The minimum atomic E-state index is -0.458. The van der Waals surface area contributed by atoms with Crippen molar-refractivity contribution in [3.8, 4) is 0 Å². The molecule has 0 aliphatic carbocycles. The van der Waals surface area contributed by atoms with Gasteiger partial charge >= 0.3 is 0 Å². The van der Waals surface area contributed by atoms with Gasteiger partial charge in [-0.3, -0.25) is 10.1 Å². The van der Waals surface area contributed by atoms with Crippen molar-refractivity contribution in [3.05, 3.63) is 57.5 Å². The van der Waals surface area contributed by atoms with Crippen LogP contribution in [0.25, 0.3) is 0 Å². The van der Waals surface area contributed by atoms with Gasteiger partial charge in [0.1, 0.15) is 11.9 Å². The minimum absolute atomic E-state index is 0.0143. The lowest BCUT2D eigenvalue weighted by Gasteiger charge is -2.34. The molecule has 1 saturated heterocycles. The van der Waals surface area contributed by atoms with Crippen molar-refractivity contribution < 1.29 is 14.1 Å². The van der Waals surface area contributed by atoms with Crippen LogP contribution >= 0.6 is 11.6 Å². The molecule has 1 aliphatic heterocycles. The first kappa shape index (κ1) is 13.9. The molecule has 1 fully saturated rings. The van der Waals surface area contributed by atoms with Crippen molar-refractivity contribution in [2.45, 2.75) is 6.10 Å². The number of nitrogens with zero attached hydrogens (tertiary/aromatic N) is 2. The highest BCUT2D eigenvalue weighted by Gasteiger charge is 2.25. The molecule has 0 saturated carbocycles. The summed E-state index contributed by atoms with van der Waals surface area (Å²) in [5.74, 6) is 0.762. The standard InChI is InChI=1S/C14H13ClN2O4/c15-11-8-10(17(18)19)3-4-12(11)16-5-7-21-14(9-16)13-2-1-6-20-13/h1-4,6,8,14H,5,7,9H2. The van der Waals surface area contributed by atoms with Gasteiger partial charge in [0.15, 0.2) is 0 Å². The molecular weight excluding hydrogens is 296 g/mol. The van der Waals surface area contributed by atoms with Crippen LogP contribution in [0.1, 0.15) is 11.9 Å². The Hall–Kier alpha value is -2.05. The summed E-state index contributed by atoms with van der Waals surface area (Å²) in [6, 6.07) is 8.18. The van der Waals surface area contributed by atoms with Crippen LogP contribution in [0.15, 0.2) is 41.0 Å². The van der Waals surface area contributed by atoms with Gasteiger partial charge in [-0.05, 0) is 18.2 Å². The largest absolute Gasteiger partial charge is 0.467 e. The fraction of sp³-hybridized carbons (Fsp3) is 0.286. The summed E-state index contributed by atoms with van der Waals surface area (Å²) >= 11 is 6.17. The van der Waals surface area contributed by atoms with Crippen LogP contribution in [0.4, 0.5) is 11.4 Å². The molecule has 3 rings (SSSR count). The van der Waals surface area contributed by atoms with E-state index in [1.807, 2.05) is 17.0 Å². The summed E-state index contributed by atoms with van der Waals surface area (Å²) in [7, 11) is 0. The second kappa shape index (κ2) is 5.75. The van der Waals surface area contributed by atoms with Crippen LogP contribution in [0.3, 0.4) is 0 Å². The van der Waals surface area contributed by atoms with Crippen LogP contribution in [0, 0.1) is 10.1 Å². The van der Waals surface area contributed by atoms with Crippen LogP contribution in [-0.4, -0.2) is 24.6 Å². The van der Waals surface area contributed by atoms with Crippen LogP contribution < -0.4 is 4.90 Å². The molecule has 1 atom stereocenters. The second-order valence-corrected chi connectivity index (χ2v) is 5.12. The van der Waals surface area contributed by atoms with Crippen molar-refractivity contribution in [2.75, 3.05) is 24.6 Å². The van der Waals surface area contributed by atoms with Gasteiger partial charge in [-0.25, -0.2) is 0 Å². The van der Waals surface area contributed by atoms with E-state index in [9.17, 15) is 10.1 Å². The number of hydrogen-bond donors (Lipinski definition) is 0. The zero-order valence-corrected chi connectivity index (χ0v) is 11.8. The van der Waals surface area contributed by atoms with Crippen molar-refractivity contribution in [3.63, 3.8) is 0 Å². The van der Waals surface area contributed by atoms with E-state index in [2.05, 4.69) is 0 Å². The number of nitro benzene ring substituents is 1. The smallest absolute Gasteiger partial charge is 0.271 e. The van der Waals surface area contributed by atoms with E-state index >= 15 is 0 Å². The SMILES string of the molecule is O=[N+]([O-])c1ccc(N2CCOC(c3ccco3)C2)c(Cl)c1. The molecule has 2 aromatic rings. The van der Waals surface area contributed by atoms with Crippen molar-refractivity contribution in [2.24, 2.45) is 0 Å². The van der Waals surface area contributed by atoms with Gasteiger partial charge in [0.2, 0.25) is 0 Å². The number of hydrogen-bond acceptors (Lipinski definition) is 5. The number of halogens is 1. The fourth-order valence-electron chi connectivity index (χ4n) is 2.38. The van der Waals surface area contributed by atoms with Crippen molar-refractivity contribution in [1.82, 2.24) is 0 Å². The van der Waals surface area contributed by atoms with Gasteiger partial charge in [0, 0.05) is 18.7 Å². The topological polar surface area (TPSA) is 68.8 Å². The summed E-state index contributed by atoms with van der Waals surface area (Å²) < 4.78 is 11.1. The lowest BCUT2D eigenvalue weighted by Crippen LogP contribution is -2.38. The molecule has 1 aromatic carbocycles. The first-order valence-corrected chi connectivity index (χ1v) is 6.87. The second-order valence-electron chi connectivity index (χ2n) is 4.71. The fourth-order valence-corrected chi connectivity index (χ4v) is 2.67. The molecule has 0 N–H and O–H groups in total. The third kappa shape index (κ3) is 2.86. The van der Waals surface area contributed by atoms with Gasteiger partial charge in [0.05, 0.1) is 35.0 Å². The monoisotopic (exact) mass is 308 g/mol. The quantitative estimate of drug-likeness (QED) is 0.642. The first-order chi connectivity index (χ1) is 10.1. The summed E-state index contributed by atoms with van der Waals surface area (Å²) in [6.45, 7) is 1.80. The van der Waals surface area contributed by atoms with Crippen molar-refractivity contribution in [1.29, 1.82) is 0 Å². The average molecular weight is 309 g/mol. The van der Waals surface area contributed by atoms with E-state index in [1.54, 1.807) is 12.3 Å². The Labute approximate surface area is 126 Å². The van der Waals surface area contributed by atoms with E-state index in [4.69, 9.17) is 20.8 Å². The number of morpholine rings is 1. The Balaban J connectivity index is 1.82. The normalized spacial score (nSPS) is 18.7. The highest BCUT2D eigenvalue weighted by Crippen LogP contribution is 2.33. The molecule has 0 bridgehead atoms. The van der Waals surface area contributed by atoms with E-state index < -0.39 is 4.92 Å². The van der Waals surface area contributed by atoms with Gasteiger partial charge in [-0.2, -0.15) is 0 Å². The molecule has 6 nitrogen and oxygen atoms in total. The Bertz CT molecular complexity index is 644. The van der Waals surface area contributed by atoms with Gasteiger partial charge in [0.25, 0.3) is 5.69 Å². The number of ether oxygens (including phenoxy) is 1. The van der Waals surface area contributed by atoms with Gasteiger partial charge in [-0.1, -0.05) is 11.6 Å². The van der Waals surface area contributed by atoms with E-state index in [0.29, 0.717) is 24.7 Å². The predicted octanol–water partition coefficient (Wildman–Crippen LogP) is 3.42. The Morgan fingerprint density at radius 3 is 2.90 bits per heavy atom. The molecule has 1 aliphatic rings. The minimum Gasteiger partial charge on any atom is -0.467 e. The summed E-state index contributed by atoms with van der Waals surface area (Å²) in [6.07, 6.45) is 1.44. The van der Waals surface area contributed by atoms with Crippen LogP contribution in [0.2, 0.25) is 5.02 Å². The Morgan fingerprint density at radius 2 is 2.24 bits per heavy atom. The highest BCUT2D eigenvalue weighted by molar-refractivity contribution is 6.33. The maximum absolute atomic E-state index is 10.7. The molecule has 0 amide bonds. The molecular formula is C14H13ClN2O4. The zero-order valence-electron chi connectivity index (χ0n) is 11.1. The molecule has 21 heavy (non-hydrogen) atoms. The van der Waals surface area contributed by atoms with Crippen LogP contribution in [0.5, 0.6) is 0 Å². The highest BCUT2D eigenvalue weighted by atomic mass is 35.5. The zero-order chi connectivity index (χ0) is 14.8. The maximum Gasteiger partial charge on any atom is 0.271 e. The lowest BCUT2D eigenvalue weighted by atomic mass is 10.2.